The van der Waals surface area contributed by atoms with Gasteiger partial charge in [0.05, 0.1) is 37.1 Å². The Morgan fingerprint density at radius 2 is 1.77 bits per heavy atom. The quantitative estimate of drug-likeness (QED) is 0.231. The third-order valence-electron chi connectivity index (χ3n) is 13.3. The van der Waals surface area contributed by atoms with Gasteiger partial charge in [0.25, 0.3) is 11.8 Å². The van der Waals surface area contributed by atoms with Crippen molar-refractivity contribution >= 4 is 58.4 Å². The second-order valence-corrected chi connectivity index (χ2v) is 17.7. The number of nitrogens with zero attached hydrogens (tertiary/aromatic N) is 6. The van der Waals surface area contributed by atoms with E-state index >= 15 is 4.39 Å². The number of nitrogens with one attached hydrogen (secondary N) is 3. The molecule has 8 rings (SSSR count). The number of benzene rings is 2. The standard InChI is InChI=1S/C44H52F3N9O6/c1-25(2)56-24-44(46,47)41(61)53(3)34-22-48-42(52-38(34)56)50-32-8-5-28(19-35(32)62-4)39(59)49-29-20-43(21-29)12-15-54(16-13-43)23-26-11-14-55(37(58)17-26)33-9-6-27(18-31(33)45)30-7-10-36(57)51-40(30)60/h5-6,8-9,18-19,22,25-26,29-30H,7,10-17,20-21,23-24H2,1-4H3,(H,49,59)(H,48,50,52)(H,51,57,60). The van der Waals surface area contributed by atoms with Crippen LogP contribution < -0.4 is 35.4 Å². The summed E-state index contributed by atoms with van der Waals surface area (Å²) in [6.07, 6.45) is 6.70. The van der Waals surface area contributed by atoms with E-state index in [1.165, 1.54) is 36.2 Å². The summed E-state index contributed by atoms with van der Waals surface area (Å²) in [5.74, 6) is -6.39. The lowest BCUT2D eigenvalue weighted by atomic mass is 9.60. The van der Waals surface area contributed by atoms with Crippen LogP contribution in [0.15, 0.2) is 42.6 Å². The zero-order chi connectivity index (χ0) is 44.1. The summed E-state index contributed by atoms with van der Waals surface area (Å²) < 4.78 is 50.4. The number of carbonyl (C=O) groups is 5. The lowest BCUT2D eigenvalue weighted by Gasteiger charge is -2.52. The number of amides is 5. The molecule has 3 N–H and O–H groups in total. The van der Waals surface area contributed by atoms with Crippen molar-refractivity contribution in [3.8, 4) is 5.75 Å². The summed E-state index contributed by atoms with van der Waals surface area (Å²) in [5, 5.41) is 8.55. The van der Waals surface area contributed by atoms with Gasteiger partial charge in [-0.3, -0.25) is 29.3 Å². The van der Waals surface area contributed by atoms with Crippen molar-refractivity contribution in [3.05, 3.63) is 59.5 Å². The zero-order valence-corrected chi connectivity index (χ0v) is 35.3. The number of halogens is 3. The van der Waals surface area contributed by atoms with Gasteiger partial charge in [-0.1, -0.05) is 6.07 Å². The number of anilines is 5. The molecule has 3 saturated heterocycles. The van der Waals surface area contributed by atoms with Crippen LogP contribution in [-0.4, -0.2) is 109 Å². The second kappa shape index (κ2) is 16.8. The topological polar surface area (TPSA) is 169 Å². The average Bonchev–Trinajstić information content (AvgIpc) is 3.29. The number of ether oxygens (including phenoxy) is 1. The van der Waals surface area contributed by atoms with E-state index in [1.54, 1.807) is 44.2 Å². The van der Waals surface area contributed by atoms with Crippen LogP contribution in [0.4, 0.5) is 42.0 Å². The van der Waals surface area contributed by atoms with Gasteiger partial charge in [-0.15, -0.1) is 0 Å². The van der Waals surface area contributed by atoms with E-state index in [2.05, 4.69) is 30.8 Å². The van der Waals surface area contributed by atoms with E-state index in [9.17, 15) is 32.8 Å². The fraction of sp³-hybridized carbons (Fsp3) is 0.523. The van der Waals surface area contributed by atoms with Crippen molar-refractivity contribution in [2.75, 3.05) is 66.9 Å². The SMILES string of the molecule is COc1cc(C(=O)NC2CC3(CCN(CC4CCN(c5ccc(C6CCC(=O)NC6=O)cc5F)C(=O)C4)CC3)C2)ccc1Nc1ncc2c(n1)N(C(C)C)CC(F)(F)C(=O)N2C. The highest BCUT2D eigenvalue weighted by Crippen LogP contribution is 2.49. The van der Waals surface area contributed by atoms with E-state index in [4.69, 9.17) is 4.74 Å². The van der Waals surface area contributed by atoms with Crippen molar-refractivity contribution in [1.82, 2.24) is 25.5 Å². The summed E-state index contributed by atoms with van der Waals surface area (Å²) in [5.41, 5.74) is 1.89. The minimum Gasteiger partial charge on any atom is -0.495 e. The van der Waals surface area contributed by atoms with E-state index in [1.807, 2.05) is 0 Å². The van der Waals surface area contributed by atoms with Gasteiger partial charge in [0.15, 0.2) is 5.82 Å². The molecule has 2 unspecified atom stereocenters. The number of methoxy groups -OCH3 is 1. The molecule has 1 saturated carbocycles. The highest BCUT2D eigenvalue weighted by molar-refractivity contribution is 6.02. The smallest absolute Gasteiger partial charge is 0.342 e. The fourth-order valence-electron chi connectivity index (χ4n) is 9.69. The van der Waals surface area contributed by atoms with Gasteiger partial charge in [-0.05, 0) is 113 Å². The van der Waals surface area contributed by atoms with Crippen molar-refractivity contribution in [2.45, 2.75) is 89.1 Å². The van der Waals surface area contributed by atoms with Crippen molar-refractivity contribution in [2.24, 2.45) is 11.3 Å². The van der Waals surface area contributed by atoms with E-state index in [0.717, 1.165) is 56.6 Å². The monoisotopic (exact) mass is 859 g/mol. The molecule has 5 amide bonds. The summed E-state index contributed by atoms with van der Waals surface area (Å²) in [6.45, 7) is 5.68. The molecular weight excluding hydrogens is 808 g/mol. The van der Waals surface area contributed by atoms with Crippen LogP contribution in [0.3, 0.4) is 0 Å². The molecular formula is C44H52F3N9O6. The van der Waals surface area contributed by atoms with Crippen LogP contribution in [0.1, 0.15) is 87.1 Å². The average molecular weight is 860 g/mol. The fourth-order valence-corrected chi connectivity index (χ4v) is 9.69. The molecule has 5 aliphatic rings. The molecule has 0 radical (unpaired) electrons. The first kappa shape index (κ1) is 42.9. The molecule has 4 aliphatic heterocycles. The Morgan fingerprint density at radius 3 is 2.45 bits per heavy atom. The number of rotatable bonds is 10. The van der Waals surface area contributed by atoms with Gasteiger partial charge in [-0.2, -0.15) is 13.8 Å². The summed E-state index contributed by atoms with van der Waals surface area (Å²) in [4.78, 5) is 77.9. The number of hydrogen-bond donors (Lipinski definition) is 3. The Kier molecular flexibility index (Phi) is 11.6. The van der Waals surface area contributed by atoms with E-state index in [-0.39, 0.29) is 70.7 Å². The highest BCUT2D eigenvalue weighted by Gasteiger charge is 2.48. The van der Waals surface area contributed by atoms with Crippen LogP contribution in [0.25, 0.3) is 0 Å². The predicted molar refractivity (Wildman–Crippen MR) is 224 cm³/mol. The molecule has 5 heterocycles. The lowest BCUT2D eigenvalue weighted by molar-refractivity contribution is -0.140. The molecule has 1 spiro atoms. The van der Waals surface area contributed by atoms with Crippen molar-refractivity contribution < 1.29 is 41.9 Å². The number of hydrogen-bond acceptors (Lipinski definition) is 11. The van der Waals surface area contributed by atoms with Crippen LogP contribution in [0.5, 0.6) is 5.75 Å². The lowest BCUT2D eigenvalue weighted by Crippen LogP contribution is -2.55. The Balaban J connectivity index is 0.803. The minimum absolute atomic E-state index is 0.0348. The maximum atomic E-state index is 15.3. The van der Waals surface area contributed by atoms with Crippen LogP contribution in [0.2, 0.25) is 0 Å². The molecule has 18 heteroatoms. The third kappa shape index (κ3) is 8.52. The van der Waals surface area contributed by atoms with Gasteiger partial charge in [0.2, 0.25) is 23.7 Å². The Morgan fingerprint density at radius 1 is 1.02 bits per heavy atom. The van der Waals surface area contributed by atoms with Crippen LogP contribution >= 0.6 is 0 Å². The molecule has 62 heavy (non-hydrogen) atoms. The summed E-state index contributed by atoms with van der Waals surface area (Å²) in [7, 11) is 2.75. The molecule has 0 bridgehead atoms. The normalized spacial score (nSPS) is 22.9. The number of piperidine rings is 3. The number of aromatic nitrogens is 2. The molecule has 2 aromatic carbocycles. The predicted octanol–water partition coefficient (Wildman–Crippen LogP) is 5.13. The summed E-state index contributed by atoms with van der Waals surface area (Å²) >= 11 is 0. The number of carbonyl (C=O) groups excluding carboxylic acids is 5. The Labute approximate surface area is 357 Å². The first-order valence-electron chi connectivity index (χ1n) is 21.2. The largest absolute Gasteiger partial charge is 0.495 e. The van der Waals surface area contributed by atoms with Gasteiger partial charge in [-0.25, -0.2) is 9.37 Å². The number of likely N-dealkylation sites (tertiary alicyclic amines) is 1. The maximum Gasteiger partial charge on any atom is 0.342 e. The number of fused-ring (bicyclic) bond motifs is 1. The van der Waals surface area contributed by atoms with Gasteiger partial charge < -0.3 is 35.0 Å². The molecule has 15 nitrogen and oxygen atoms in total. The molecule has 1 aromatic heterocycles. The molecule has 4 fully saturated rings. The number of imide groups is 1. The van der Waals surface area contributed by atoms with Gasteiger partial charge in [0, 0.05) is 50.6 Å². The van der Waals surface area contributed by atoms with E-state index in [0.29, 0.717) is 42.0 Å². The van der Waals surface area contributed by atoms with Gasteiger partial charge in [0.1, 0.15) is 17.3 Å². The first-order valence-corrected chi connectivity index (χ1v) is 21.2. The second-order valence-electron chi connectivity index (χ2n) is 17.7. The highest BCUT2D eigenvalue weighted by atomic mass is 19.3. The maximum absolute atomic E-state index is 15.3. The Bertz CT molecular complexity index is 2280. The molecule has 2 atom stereocenters. The van der Waals surface area contributed by atoms with Crippen LogP contribution in [0, 0.1) is 17.2 Å². The molecule has 330 valence electrons. The molecule has 1 aliphatic carbocycles. The third-order valence-corrected chi connectivity index (χ3v) is 13.3. The van der Waals surface area contributed by atoms with Crippen LogP contribution in [-0.2, 0) is 19.2 Å². The molecule has 3 aromatic rings. The van der Waals surface area contributed by atoms with Crippen molar-refractivity contribution in [1.29, 1.82) is 0 Å². The summed E-state index contributed by atoms with van der Waals surface area (Å²) in [6, 6.07) is 9.14. The van der Waals surface area contributed by atoms with Gasteiger partial charge >= 0.3 is 5.92 Å². The van der Waals surface area contributed by atoms with Crippen molar-refractivity contribution in [3.63, 3.8) is 0 Å². The Hall–Kier alpha value is -5.78. The number of alkyl halides is 2. The zero-order valence-electron chi connectivity index (χ0n) is 35.3. The first-order chi connectivity index (χ1) is 29.5. The minimum atomic E-state index is -3.61. The van der Waals surface area contributed by atoms with E-state index < -0.39 is 36.0 Å².